The molecule has 2 rings (SSSR count). The van der Waals surface area contributed by atoms with Crippen LogP contribution in [0.3, 0.4) is 0 Å². The first-order chi connectivity index (χ1) is 14.2. The third kappa shape index (κ3) is 9.84. The maximum Gasteiger partial charge on any atom is 0.303 e. The average Bonchev–Trinajstić information content (AvgIpc) is 2.73. The van der Waals surface area contributed by atoms with Crippen molar-refractivity contribution in [1.29, 1.82) is 0 Å². The summed E-state index contributed by atoms with van der Waals surface area (Å²) in [7, 11) is 1.67. The van der Waals surface area contributed by atoms with Crippen molar-refractivity contribution in [3.63, 3.8) is 0 Å². The summed E-state index contributed by atoms with van der Waals surface area (Å²) in [5, 5.41) is 8.66. The Labute approximate surface area is 174 Å². The summed E-state index contributed by atoms with van der Waals surface area (Å²) in [6.07, 6.45) is 11.4. The minimum atomic E-state index is -0.711. The Bertz CT molecular complexity index is 750. The first-order valence-corrected chi connectivity index (χ1v) is 10.4. The number of aliphatic carboxylic acids is 1. The summed E-state index contributed by atoms with van der Waals surface area (Å²) < 4.78 is 11.0. The second-order valence-corrected chi connectivity index (χ2v) is 7.12. The molecule has 0 aliphatic heterocycles. The van der Waals surface area contributed by atoms with Crippen LogP contribution in [0.15, 0.2) is 54.6 Å². The van der Waals surface area contributed by atoms with Gasteiger partial charge in [-0.2, -0.15) is 0 Å². The zero-order valence-corrected chi connectivity index (χ0v) is 17.3. The van der Waals surface area contributed by atoms with Crippen molar-refractivity contribution in [2.24, 2.45) is 0 Å². The summed E-state index contributed by atoms with van der Waals surface area (Å²) in [5.41, 5.74) is 2.43. The van der Waals surface area contributed by atoms with Crippen molar-refractivity contribution in [3.8, 4) is 11.5 Å². The molecule has 0 radical (unpaired) electrons. The Morgan fingerprint density at radius 3 is 2.55 bits per heavy atom. The van der Waals surface area contributed by atoms with Crippen LogP contribution in [-0.2, 0) is 11.2 Å². The maximum absolute atomic E-state index is 10.5. The van der Waals surface area contributed by atoms with E-state index in [0.29, 0.717) is 0 Å². The molecule has 0 atom stereocenters. The molecule has 0 saturated carbocycles. The molecule has 0 spiro atoms. The topological polar surface area (TPSA) is 55.8 Å². The number of allylic oxidation sites excluding steroid dienone is 1. The molecule has 0 fully saturated rings. The summed E-state index contributed by atoms with van der Waals surface area (Å²) in [5.74, 6) is 1.08. The SMILES string of the molecule is COc1ccc(/C=C/CCCCOc2cccc(CCCCCC(=O)O)c2)cc1. The number of benzene rings is 2. The lowest BCUT2D eigenvalue weighted by Crippen LogP contribution is -1.98. The molecule has 0 unspecified atom stereocenters. The van der Waals surface area contributed by atoms with Crippen molar-refractivity contribution in [1.82, 2.24) is 0 Å². The first-order valence-electron chi connectivity index (χ1n) is 10.4. The van der Waals surface area contributed by atoms with Crippen LogP contribution >= 0.6 is 0 Å². The smallest absolute Gasteiger partial charge is 0.303 e. The second kappa shape index (κ2) is 13.4. The number of carbonyl (C=O) groups is 1. The number of methoxy groups -OCH3 is 1. The van der Waals surface area contributed by atoms with Gasteiger partial charge in [-0.15, -0.1) is 0 Å². The van der Waals surface area contributed by atoms with Gasteiger partial charge in [0.1, 0.15) is 11.5 Å². The van der Waals surface area contributed by atoms with Crippen molar-refractivity contribution in [3.05, 3.63) is 65.7 Å². The molecule has 0 aliphatic carbocycles. The van der Waals surface area contributed by atoms with Gasteiger partial charge in [0, 0.05) is 6.42 Å². The van der Waals surface area contributed by atoms with Gasteiger partial charge in [-0.3, -0.25) is 4.79 Å². The molecule has 2 aromatic rings. The molecule has 4 nitrogen and oxygen atoms in total. The molecule has 1 N–H and O–H groups in total. The van der Waals surface area contributed by atoms with Crippen LogP contribution in [0, 0.1) is 0 Å². The zero-order valence-electron chi connectivity index (χ0n) is 17.3. The van der Waals surface area contributed by atoms with Crippen molar-refractivity contribution in [2.75, 3.05) is 13.7 Å². The fourth-order valence-electron chi connectivity index (χ4n) is 3.06. The standard InChI is InChI=1S/C25H32O4/c1-28-23-17-15-21(16-18-23)10-5-2-3-8-19-29-24-13-9-12-22(20-24)11-6-4-7-14-25(26)27/h5,9-10,12-13,15-18,20H,2-4,6-8,11,14,19H2,1H3,(H,26,27)/b10-5+. The van der Waals surface area contributed by atoms with E-state index in [1.165, 1.54) is 11.1 Å². The molecule has 0 heterocycles. The Balaban J connectivity index is 1.58. The van der Waals surface area contributed by atoms with Gasteiger partial charge in [0.05, 0.1) is 13.7 Å². The van der Waals surface area contributed by atoms with Gasteiger partial charge in [0.25, 0.3) is 0 Å². The van der Waals surface area contributed by atoms with Gasteiger partial charge < -0.3 is 14.6 Å². The number of unbranched alkanes of at least 4 members (excludes halogenated alkanes) is 4. The molecule has 0 amide bonds. The Morgan fingerprint density at radius 1 is 0.966 bits per heavy atom. The highest BCUT2D eigenvalue weighted by Gasteiger charge is 2.00. The monoisotopic (exact) mass is 396 g/mol. The van der Waals surface area contributed by atoms with E-state index in [-0.39, 0.29) is 6.42 Å². The number of rotatable bonds is 14. The molecule has 4 heteroatoms. The van der Waals surface area contributed by atoms with E-state index < -0.39 is 5.97 Å². The van der Waals surface area contributed by atoms with Crippen molar-refractivity contribution >= 4 is 12.0 Å². The lowest BCUT2D eigenvalue weighted by molar-refractivity contribution is -0.137. The third-order valence-corrected chi connectivity index (χ3v) is 4.71. The Hall–Kier alpha value is -2.75. The van der Waals surface area contributed by atoms with Crippen molar-refractivity contribution in [2.45, 2.75) is 51.4 Å². The maximum atomic E-state index is 10.5. The van der Waals surface area contributed by atoms with E-state index in [0.717, 1.165) is 63.1 Å². The van der Waals surface area contributed by atoms with Crippen LogP contribution < -0.4 is 9.47 Å². The number of ether oxygens (including phenoxy) is 2. The second-order valence-electron chi connectivity index (χ2n) is 7.12. The van der Waals surface area contributed by atoms with E-state index in [2.05, 4.69) is 36.4 Å². The number of carboxylic acids is 1. The summed E-state index contributed by atoms with van der Waals surface area (Å²) >= 11 is 0. The van der Waals surface area contributed by atoms with E-state index in [1.807, 2.05) is 24.3 Å². The van der Waals surface area contributed by atoms with Gasteiger partial charge in [-0.05, 0) is 73.9 Å². The third-order valence-electron chi connectivity index (χ3n) is 4.71. The highest BCUT2D eigenvalue weighted by molar-refractivity contribution is 5.66. The molecular formula is C25H32O4. The van der Waals surface area contributed by atoms with Crippen LogP contribution in [0.1, 0.15) is 56.1 Å². The van der Waals surface area contributed by atoms with Crippen LogP contribution in [0.25, 0.3) is 6.08 Å². The Kier molecular flexibility index (Phi) is 10.4. The minimum absolute atomic E-state index is 0.262. The molecule has 29 heavy (non-hydrogen) atoms. The summed E-state index contributed by atoms with van der Waals surface area (Å²) in [6, 6.07) is 16.3. The molecule has 0 aliphatic rings. The van der Waals surface area contributed by atoms with Crippen LogP contribution in [0.5, 0.6) is 11.5 Å². The van der Waals surface area contributed by atoms with E-state index >= 15 is 0 Å². The quantitative estimate of drug-likeness (QED) is 0.389. The fourth-order valence-corrected chi connectivity index (χ4v) is 3.06. The largest absolute Gasteiger partial charge is 0.497 e. The molecular weight excluding hydrogens is 364 g/mol. The van der Waals surface area contributed by atoms with Gasteiger partial charge in [-0.25, -0.2) is 0 Å². The first kappa shape index (κ1) is 22.5. The highest BCUT2D eigenvalue weighted by Crippen LogP contribution is 2.17. The average molecular weight is 397 g/mol. The predicted octanol–water partition coefficient (Wildman–Crippen LogP) is 6.15. The fraction of sp³-hybridized carbons (Fsp3) is 0.400. The molecule has 0 saturated heterocycles. The van der Waals surface area contributed by atoms with Gasteiger partial charge in [0.2, 0.25) is 0 Å². The number of hydrogen-bond acceptors (Lipinski definition) is 3. The zero-order chi connectivity index (χ0) is 20.7. The van der Waals surface area contributed by atoms with Crippen molar-refractivity contribution < 1.29 is 19.4 Å². The molecule has 2 aromatic carbocycles. The van der Waals surface area contributed by atoms with Gasteiger partial charge >= 0.3 is 5.97 Å². The highest BCUT2D eigenvalue weighted by atomic mass is 16.5. The molecule has 0 aromatic heterocycles. The van der Waals surface area contributed by atoms with Crippen LogP contribution in [0.2, 0.25) is 0 Å². The molecule has 0 bridgehead atoms. The number of hydrogen-bond donors (Lipinski definition) is 1. The number of carboxylic acid groups (broad SMARTS) is 1. The van der Waals surface area contributed by atoms with Crippen LogP contribution in [-0.4, -0.2) is 24.8 Å². The predicted molar refractivity (Wildman–Crippen MR) is 118 cm³/mol. The number of aryl methyl sites for hydroxylation is 1. The van der Waals surface area contributed by atoms with E-state index in [1.54, 1.807) is 7.11 Å². The van der Waals surface area contributed by atoms with Gasteiger partial charge in [0.15, 0.2) is 0 Å². The summed E-state index contributed by atoms with van der Waals surface area (Å²) in [6.45, 7) is 0.721. The van der Waals surface area contributed by atoms with Gasteiger partial charge in [-0.1, -0.05) is 42.8 Å². The van der Waals surface area contributed by atoms with E-state index in [4.69, 9.17) is 14.6 Å². The normalized spacial score (nSPS) is 10.9. The van der Waals surface area contributed by atoms with Crippen LogP contribution in [0.4, 0.5) is 0 Å². The lowest BCUT2D eigenvalue weighted by atomic mass is 10.1. The molecule has 156 valence electrons. The summed E-state index contributed by atoms with van der Waals surface area (Å²) in [4.78, 5) is 10.5. The Morgan fingerprint density at radius 2 is 1.79 bits per heavy atom. The minimum Gasteiger partial charge on any atom is -0.497 e. The lowest BCUT2D eigenvalue weighted by Gasteiger charge is -2.08. The van der Waals surface area contributed by atoms with E-state index in [9.17, 15) is 4.79 Å².